The number of aliphatic hydroxyl groups excluding tert-OH is 1. The fraction of sp³-hybridized carbons (Fsp3) is 0.800. The third-order valence-electron chi connectivity index (χ3n) is 0.624. The molecule has 0 unspecified atom stereocenters. The number of ether oxygens (including phenoxy) is 2. The van der Waals surface area contributed by atoms with Gasteiger partial charge in [-0.3, -0.25) is 0 Å². The SMILES string of the molecule is COCCOC[CH]O. The van der Waals surface area contributed by atoms with Gasteiger partial charge in [0.25, 0.3) is 0 Å². The molecule has 0 spiro atoms. The molecule has 3 heteroatoms. The van der Waals surface area contributed by atoms with E-state index in [0.717, 1.165) is 6.61 Å². The van der Waals surface area contributed by atoms with E-state index in [9.17, 15) is 0 Å². The third kappa shape index (κ3) is 5.88. The summed E-state index contributed by atoms with van der Waals surface area (Å²) >= 11 is 0. The van der Waals surface area contributed by atoms with Crippen LogP contribution >= 0.6 is 0 Å². The molecule has 8 heavy (non-hydrogen) atoms. The van der Waals surface area contributed by atoms with Crippen LogP contribution in [0.25, 0.3) is 0 Å². The van der Waals surface area contributed by atoms with E-state index in [0.29, 0.717) is 13.2 Å². The van der Waals surface area contributed by atoms with Crippen molar-refractivity contribution in [2.75, 3.05) is 26.9 Å². The summed E-state index contributed by atoms with van der Waals surface area (Å²) in [5.41, 5.74) is 0. The van der Waals surface area contributed by atoms with Crippen molar-refractivity contribution in [3.63, 3.8) is 0 Å². The zero-order valence-electron chi connectivity index (χ0n) is 4.96. The normalized spacial score (nSPS) is 9.75. The highest BCUT2D eigenvalue weighted by Gasteiger charge is 1.82. The van der Waals surface area contributed by atoms with Crippen LogP contribution in [0.5, 0.6) is 0 Å². The zero-order chi connectivity index (χ0) is 6.24. The Labute approximate surface area is 49.2 Å². The van der Waals surface area contributed by atoms with Gasteiger partial charge in [-0.05, 0) is 0 Å². The van der Waals surface area contributed by atoms with Crippen LogP contribution < -0.4 is 0 Å². The van der Waals surface area contributed by atoms with E-state index in [1.807, 2.05) is 0 Å². The van der Waals surface area contributed by atoms with Gasteiger partial charge in [-0.2, -0.15) is 0 Å². The molecule has 0 aliphatic rings. The van der Waals surface area contributed by atoms with Gasteiger partial charge in [0.2, 0.25) is 0 Å². The van der Waals surface area contributed by atoms with E-state index < -0.39 is 0 Å². The first-order chi connectivity index (χ1) is 3.91. The van der Waals surface area contributed by atoms with E-state index in [-0.39, 0.29) is 6.61 Å². The van der Waals surface area contributed by atoms with E-state index in [1.54, 1.807) is 7.11 Å². The summed E-state index contributed by atoms with van der Waals surface area (Å²) in [6.45, 7) is 2.36. The Bertz CT molecular complexity index is 32.7. The van der Waals surface area contributed by atoms with Crippen LogP contribution in [-0.2, 0) is 9.47 Å². The van der Waals surface area contributed by atoms with Crippen molar-refractivity contribution in [1.82, 2.24) is 0 Å². The summed E-state index contributed by atoms with van der Waals surface area (Å²) in [5.74, 6) is 0. The fourth-order valence-electron chi connectivity index (χ4n) is 0.278. The quantitative estimate of drug-likeness (QED) is 0.525. The van der Waals surface area contributed by atoms with Crippen molar-refractivity contribution in [3.8, 4) is 0 Å². The molecule has 0 saturated carbocycles. The lowest BCUT2D eigenvalue weighted by atomic mass is 10.7. The van der Waals surface area contributed by atoms with Crippen LogP contribution in [0.1, 0.15) is 0 Å². The van der Waals surface area contributed by atoms with Gasteiger partial charge >= 0.3 is 0 Å². The van der Waals surface area contributed by atoms with Gasteiger partial charge in [0, 0.05) is 7.11 Å². The van der Waals surface area contributed by atoms with Gasteiger partial charge in [-0.1, -0.05) is 0 Å². The lowest BCUT2D eigenvalue weighted by Gasteiger charge is -1.97. The van der Waals surface area contributed by atoms with Gasteiger partial charge in [-0.15, -0.1) is 0 Å². The first-order valence-electron chi connectivity index (χ1n) is 2.44. The summed E-state index contributed by atoms with van der Waals surface area (Å²) in [4.78, 5) is 0. The fourth-order valence-corrected chi connectivity index (χ4v) is 0.278. The Kier molecular flexibility index (Phi) is 6.78. The van der Waals surface area contributed by atoms with Crippen LogP contribution in [-0.4, -0.2) is 32.0 Å². The number of aliphatic hydroxyl groups is 1. The van der Waals surface area contributed by atoms with Crippen LogP contribution in [0, 0.1) is 6.61 Å². The van der Waals surface area contributed by atoms with Crippen molar-refractivity contribution < 1.29 is 14.6 Å². The lowest BCUT2D eigenvalue weighted by Crippen LogP contribution is -2.02. The average Bonchev–Trinajstić information content (AvgIpc) is 1.81. The van der Waals surface area contributed by atoms with Crippen molar-refractivity contribution in [3.05, 3.63) is 6.61 Å². The summed E-state index contributed by atoms with van der Waals surface area (Å²) < 4.78 is 9.46. The van der Waals surface area contributed by atoms with Gasteiger partial charge in [0.15, 0.2) is 0 Å². The second-order valence-corrected chi connectivity index (χ2v) is 1.25. The predicted molar refractivity (Wildman–Crippen MR) is 28.9 cm³/mol. The Morgan fingerprint density at radius 1 is 1.50 bits per heavy atom. The van der Waals surface area contributed by atoms with Gasteiger partial charge in [-0.25, -0.2) is 0 Å². The Balaban J connectivity index is 2.53. The summed E-state index contributed by atoms with van der Waals surface area (Å²) in [6.07, 6.45) is 0. The summed E-state index contributed by atoms with van der Waals surface area (Å²) in [6, 6.07) is 0. The molecule has 0 aromatic rings. The summed E-state index contributed by atoms with van der Waals surface area (Å²) in [7, 11) is 1.60. The van der Waals surface area contributed by atoms with Crippen molar-refractivity contribution >= 4 is 0 Å². The molecule has 0 fully saturated rings. The first kappa shape index (κ1) is 7.88. The Morgan fingerprint density at radius 3 is 2.75 bits per heavy atom. The van der Waals surface area contributed by atoms with Gasteiger partial charge in [0.1, 0.15) is 6.61 Å². The molecule has 0 aromatic carbocycles. The molecule has 1 N–H and O–H groups in total. The van der Waals surface area contributed by atoms with E-state index in [1.165, 1.54) is 0 Å². The minimum atomic E-state index is 0.281. The smallest absolute Gasteiger partial charge is 0.105 e. The van der Waals surface area contributed by atoms with Crippen LogP contribution in [0.15, 0.2) is 0 Å². The molecule has 3 nitrogen and oxygen atoms in total. The maximum absolute atomic E-state index is 8.07. The zero-order valence-corrected chi connectivity index (χ0v) is 4.96. The van der Waals surface area contributed by atoms with Crippen molar-refractivity contribution in [2.45, 2.75) is 0 Å². The number of methoxy groups -OCH3 is 1. The monoisotopic (exact) mass is 119 g/mol. The maximum Gasteiger partial charge on any atom is 0.105 e. The average molecular weight is 119 g/mol. The topological polar surface area (TPSA) is 38.7 Å². The second-order valence-electron chi connectivity index (χ2n) is 1.25. The highest BCUT2D eigenvalue weighted by molar-refractivity contribution is 4.39. The van der Waals surface area contributed by atoms with Crippen LogP contribution in [0.4, 0.5) is 0 Å². The minimum Gasteiger partial charge on any atom is -0.388 e. The molecule has 0 amide bonds. The minimum absolute atomic E-state index is 0.281. The molecule has 0 saturated heterocycles. The highest BCUT2D eigenvalue weighted by Crippen LogP contribution is 1.75. The van der Waals surface area contributed by atoms with Gasteiger partial charge in [0.05, 0.1) is 19.8 Å². The lowest BCUT2D eigenvalue weighted by molar-refractivity contribution is 0.0671. The molecule has 0 atom stereocenters. The molecule has 49 valence electrons. The maximum atomic E-state index is 8.07. The third-order valence-corrected chi connectivity index (χ3v) is 0.624. The predicted octanol–water partition coefficient (Wildman–Crippen LogP) is 0.184. The molecule has 0 bridgehead atoms. The molecule has 1 radical (unpaired) electrons. The molecule has 0 heterocycles. The largest absolute Gasteiger partial charge is 0.388 e. The molecular weight excluding hydrogens is 108 g/mol. The van der Waals surface area contributed by atoms with E-state index in [2.05, 4.69) is 4.74 Å². The van der Waals surface area contributed by atoms with Crippen molar-refractivity contribution in [2.24, 2.45) is 0 Å². The molecule has 0 rings (SSSR count). The first-order valence-corrected chi connectivity index (χ1v) is 2.44. The number of hydrogen-bond acceptors (Lipinski definition) is 3. The molecule has 0 aromatic heterocycles. The molecular formula is C5H11O3. The van der Waals surface area contributed by atoms with Crippen LogP contribution in [0.2, 0.25) is 0 Å². The molecule has 0 aliphatic heterocycles. The second kappa shape index (κ2) is 6.88. The van der Waals surface area contributed by atoms with Crippen LogP contribution in [0.3, 0.4) is 0 Å². The summed E-state index contributed by atoms with van der Waals surface area (Å²) in [5, 5.41) is 8.07. The highest BCUT2D eigenvalue weighted by atomic mass is 16.5. The molecule has 0 aliphatic carbocycles. The Hall–Kier alpha value is -0.120. The van der Waals surface area contributed by atoms with E-state index in [4.69, 9.17) is 9.84 Å². The van der Waals surface area contributed by atoms with Gasteiger partial charge < -0.3 is 14.6 Å². The van der Waals surface area contributed by atoms with E-state index >= 15 is 0 Å². The number of hydrogen-bond donors (Lipinski definition) is 1. The van der Waals surface area contributed by atoms with Crippen molar-refractivity contribution in [1.29, 1.82) is 0 Å². The standard InChI is InChI=1S/C5H11O3/c1-7-4-5-8-3-2-6/h2,6H,3-5H2,1H3. The Morgan fingerprint density at radius 2 is 2.25 bits per heavy atom. The number of rotatable bonds is 5.